The molecule has 6 nitrogen and oxygen atoms in total. The fraction of sp³-hybridized carbons (Fsp3) is 0.130. The Kier molecular flexibility index (Phi) is 6.29. The van der Waals surface area contributed by atoms with Crippen molar-refractivity contribution in [2.45, 2.75) is 12.7 Å². The molecule has 4 rings (SSSR count). The molecule has 182 valence electrons. The number of alkyl halides is 3. The summed E-state index contributed by atoms with van der Waals surface area (Å²) in [4.78, 5) is 25.6. The summed E-state index contributed by atoms with van der Waals surface area (Å²) in [6.45, 7) is -0.606. The highest BCUT2D eigenvalue weighted by atomic mass is 35.5. The van der Waals surface area contributed by atoms with Crippen LogP contribution < -0.4 is 11.0 Å². The quantitative estimate of drug-likeness (QED) is 0.328. The van der Waals surface area contributed by atoms with Crippen LogP contribution in [0.25, 0.3) is 22.2 Å². The molecule has 0 aliphatic carbocycles. The zero-order valence-corrected chi connectivity index (χ0v) is 19.3. The number of phenolic OH excluding ortho intramolecular Hbond substituents is 1. The second-order valence-electron chi connectivity index (χ2n) is 7.66. The van der Waals surface area contributed by atoms with E-state index in [1.165, 1.54) is 31.3 Å². The number of anilines is 1. The minimum atomic E-state index is -4.78. The summed E-state index contributed by atoms with van der Waals surface area (Å²) in [6, 6.07) is 8.90. The van der Waals surface area contributed by atoms with Crippen LogP contribution in [0.1, 0.15) is 5.56 Å². The molecular formula is C23H15Cl2F4N3O3. The molecule has 0 atom stereocenters. The highest BCUT2D eigenvalue weighted by Gasteiger charge is 2.33. The number of hydrogen-bond acceptors (Lipinski definition) is 3. The van der Waals surface area contributed by atoms with Gasteiger partial charge in [0, 0.05) is 18.3 Å². The zero-order valence-electron chi connectivity index (χ0n) is 17.8. The first-order valence-corrected chi connectivity index (χ1v) is 10.7. The maximum absolute atomic E-state index is 13.8. The second-order valence-corrected chi connectivity index (χ2v) is 8.48. The predicted molar refractivity (Wildman–Crippen MR) is 124 cm³/mol. The smallest absolute Gasteiger partial charge is 0.416 e. The Hall–Kier alpha value is -3.50. The molecule has 0 radical (unpaired) electrons. The first kappa shape index (κ1) is 24.6. The van der Waals surface area contributed by atoms with Gasteiger partial charge in [-0.2, -0.15) is 13.2 Å². The normalized spacial score (nSPS) is 11.7. The van der Waals surface area contributed by atoms with Crippen LogP contribution in [0.2, 0.25) is 10.0 Å². The number of hydrogen-bond donors (Lipinski definition) is 2. The summed E-state index contributed by atoms with van der Waals surface area (Å²) in [7, 11) is 1.35. The Balaban J connectivity index is 1.89. The van der Waals surface area contributed by atoms with Gasteiger partial charge in [-0.1, -0.05) is 23.2 Å². The largest absolute Gasteiger partial charge is 0.505 e. The number of aromatic nitrogens is 2. The number of fused-ring (bicyclic) bond motifs is 1. The van der Waals surface area contributed by atoms with Crippen LogP contribution in [0.15, 0.2) is 53.3 Å². The van der Waals surface area contributed by atoms with Crippen molar-refractivity contribution >= 4 is 45.8 Å². The van der Waals surface area contributed by atoms with Gasteiger partial charge in [-0.25, -0.2) is 9.18 Å². The first-order valence-electron chi connectivity index (χ1n) is 9.91. The fourth-order valence-corrected chi connectivity index (χ4v) is 4.18. The summed E-state index contributed by atoms with van der Waals surface area (Å²) in [5.74, 6) is -1.67. The van der Waals surface area contributed by atoms with Crippen molar-refractivity contribution in [1.82, 2.24) is 9.13 Å². The first-order chi connectivity index (χ1) is 16.4. The lowest BCUT2D eigenvalue weighted by atomic mass is 10.00. The Labute approximate surface area is 204 Å². The number of rotatable bonds is 4. The molecule has 0 unspecified atom stereocenters. The van der Waals surface area contributed by atoms with Gasteiger partial charge >= 0.3 is 11.9 Å². The summed E-state index contributed by atoms with van der Waals surface area (Å²) < 4.78 is 56.4. The number of carbonyl (C=O) groups excluding carboxylic acids is 1. The number of halogens is 6. The maximum Gasteiger partial charge on any atom is 0.416 e. The van der Waals surface area contributed by atoms with E-state index in [1.54, 1.807) is 0 Å². The predicted octanol–water partition coefficient (Wildman–Crippen LogP) is 5.82. The van der Waals surface area contributed by atoms with E-state index in [1.807, 2.05) is 0 Å². The number of nitrogens with zero attached hydrogens (tertiary/aromatic N) is 2. The molecule has 0 fully saturated rings. The molecule has 1 aromatic heterocycles. The molecule has 3 aromatic carbocycles. The van der Waals surface area contributed by atoms with E-state index in [0.29, 0.717) is 0 Å². The lowest BCUT2D eigenvalue weighted by molar-refractivity contribution is -0.137. The molecule has 0 spiro atoms. The number of carbonyl (C=O) groups is 1. The van der Waals surface area contributed by atoms with E-state index >= 15 is 0 Å². The molecule has 0 aliphatic heterocycles. The van der Waals surface area contributed by atoms with Gasteiger partial charge in [0.25, 0.3) is 0 Å². The van der Waals surface area contributed by atoms with Gasteiger partial charge in [0.2, 0.25) is 5.91 Å². The summed E-state index contributed by atoms with van der Waals surface area (Å²) in [5.41, 5.74) is -1.54. The molecule has 4 aromatic rings. The lowest BCUT2D eigenvalue weighted by Crippen LogP contribution is -2.28. The van der Waals surface area contributed by atoms with E-state index in [2.05, 4.69) is 5.32 Å². The van der Waals surface area contributed by atoms with Crippen molar-refractivity contribution in [3.8, 4) is 16.9 Å². The third kappa shape index (κ3) is 4.71. The Morgan fingerprint density at radius 2 is 1.66 bits per heavy atom. The van der Waals surface area contributed by atoms with Crippen LogP contribution in [0, 0.1) is 5.82 Å². The Morgan fingerprint density at radius 3 is 2.23 bits per heavy atom. The van der Waals surface area contributed by atoms with Gasteiger partial charge in [0.1, 0.15) is 12.4 Å². The van der Waals surface area contributed by atoms with Gasteiger partial charge in [-0.15, -0.1) is 0 Å². The van der Waals surface area contributed by atoms with Gasteiger partial charge < -0.3 is 10.4 Å². The molecule has 12 heteroatoms. The van der Waals surface area contributed by atoms with E-state index in [-0.39, 0.29) is 37.9 Å². The topological polar surface area (TPSA) is 76.3 Å². The average molecular weight is 528 g/mol. The summed E-state index contributed by atoms with van der Waals surface area (Å²) in [6.07, 6.45) is -4.78. The molecule has 0 saturated carbocycles. The summed E-state index contributed by atoms with van der Waals surface area (Å²) >= 11 is 11.9. The molecule has 1 amide bonds. The molecule has 0 saturated heterocycles. The monoisotopic (exact) mass is 527 g/mol. The highest BCUT2D eigenvalue weighted by Crippen LogP contribution is 2.41. The van der Waals surface area contributed by atoms with Crippen LogP contribution in [0.4, 0.5) is 23.2 Å². The lowest BCUT2D eigenvalue weighted by Gasteiger charge is -2.13. The molecule has 2 N–H and O–H groups in total. The van der Waals surface area contributed by atoms with Gasteiger partial charge in [0.05, 0.1) is 26.6 Å². The van der Waals surface area contributed by atoms with Gasteiger partial charge in [0.15, 0.2) is 5.75 Å². The average Bonchev–Trinajstić information content (AvgIpc) is 3.02. The Morgan fingerprint density at radius 1 is 1.06 bits per heavy atom. The van der Waals surface area contributed by atoms with Gasteiger partial charge in [-0.05, 0) is 54.1 Å². The highest BCUT2D eigenvalue weighted by molar-refractivity contribution is 6.37. The van der Waals surface area contributed by atoms with E-state index in [0.717, 1.165) is 33.4 Å². The third-order valence-corrected chi connectivity index (χ3v) is 5.89. The minimum absolute atomic E-state index is 0.0316. The molecule has 0 aliphatic rings. The number of aryl methyl sites for hydroxylation is 1. The van der Waals surface area contributed by atoms with Crippen molar-refractivity contribution in [1.29, 1.82) is 0 Å². The molecule has 1 heterocycles. The maximum atomic E-state index is 13.8. The third-order valence-electron chi connectivity index (χ3n) is 5.32. The zero-order chi connectivity index (χ0) is 25.7. The number of benzene rings is 3. The molecular weight excluding hydrogens is 513 g/mol. The number of phenols is 1. The van der Waals surface area contributed by atoms with Crippen LogP contribution in [-0.2, 0) is 24.6 Å². The summed E-state index contributed by atoms with van der Waals surface area (Å²) in [5, 5.41) is 11.9. The van der Waals surface area contributed by atoms with E-state index in [9.17, 15) is 32.3 Å². The van der Waals surface area contributed by atoms with E-state index in [4.69, 9.17) is 23.2 Å². The van der Waals surface area contributed by atoms with Crippen LogP contribution >= 0.6 is 23.2 Å². The second kappa shape index (κ2) is 8.94. The standard InChI is InChI=1S/C23H15Cl2F4N3O3/c1-31-20-15(11-6-16(24)21(34)17(25)7-11)8-12(23(27,28)29)9-18(20)32(22(31)35)10-19(33)30-14-4-2-13(26)3-5-14/h2-9,34H,10H2,1H3,(H,30,33). The van der Waals surface area contributed by atoms with E-state index < -0.39 is 41.4 Å². The van der Waals surface area contributed by atoms with Crippen LogP contribution in [0.3, 0.4) is 0 Å². The van der Waals surface area contributed by atoms with Crippen molar-refractivity contribution in [3.63, 3.8) is 0 Å². The van der Waals surface area contributed by atoms with Crippen molar-refractivity contribution in [3.05, 3.63) is 80.4 Å². The van der Waals surface area contributed by atoms with Crippen molar-refractivity contribution < 1.29 is 27.5 Å². The van der Waals surface area contributed by atoms with Crippen molar-refractivity contribution in [2.75, 3.05) is 5.32 Å². The fourth-order valence-electron chi connectivity index (χ4n) is 3.69. The van der Waals surface area contributed by atoms with Gasteiger partial charge in [-0.3, -0.25) is 13.9 Å². The number of imidazole rings is 1. The SMILES string of the molecule is Cn1c(=O)n(CC(=O)Nc2ccc(F)cc2)c2cc(C(F)(F)F)cc(-c3cc(Cl)c(O)c(Cl)c3)c21. The van der Waals surface area contributed by atoms with Crippen molar-refractivity contribution in [2.24, 2.45) is 7.05 Å². The molecule has 35 heavy (non-hydrogen) atoms. The number of amides is 1. The number of aromatic hydroxyl groups is 1. The molecule has 0 bridgehead atoms. The number of nitrogens with one attached hydrogen (secondary N) is 1. The Bertz CT molecular complexity index is 1500. The minimum Gasteiger partial charge on any atom is -0.505 e. The van der Waals surface area contributed by atoms with Crippen LogP contribution in [0.5, 0.6) is 5.75 Å². The van der Waals surface area contributed by atoms with Crippen LogP contribution in [-0.4, -0.2) is 20.1 Å².